The van der Waals surface area contributed by atoms with Gasteiger partial charge in [0.15, 0.2) is 0 Å². The second-order valence-electron chi connectivity index (χ2n) is 7.81. The minimum atomic E-state index is 0.785. The van der Waals surface area contributed by atoms with Gasteiger partial charge in [0.05, 0.1) is 6.20 Å². The molecule has 0 amide bonds. The highest BCUT2D eigenvalue weighted by Crippen LogP contribution is 2.21. The van der Waals surface area contributed by atoms with Crippen LogP contribution in [0.15, 0.2) is 12.4 Å². The highest BCUT2D eigenvalue weighted by molar-refractivity contribution is 4.68. The Morgan fingerprint density at radius 3 is 1.60 bits per heavy atom. The first kappa shape index (κ1) is 22.2. The third-order valence-corrected chi connectivity index (χ3v) is 5.35. The summed E-state index contributed by atoms with van der Waals surface area (Å²) >= 11 is 0. The van der Waals surface area contributed by atoms with E-state index in [0.717, 1.165) is 12.5 Å². The van der Waals surface area contributed by atoms with Crippen LogP contribution >= 0.6 is 0 Å². The number of hydrogen-bond acceptors (Lipinski definition) is 2. The van der Waals surface area contributed by atoms with Gasteiger partial charge in [0.2, 0.25) is 0 Å². The van der Waals surface area contributed by atoms with Crippen molar-refractivity contribution in [2.45, 2.75) is 123 Å². The maximum Gasteiger partial charge on any atom is 0.0692 e. The zero-order chi connectivity index (χ0) is 18.0. The summed E-state index contributed by atoms with van der Waals surface area (Å²) in [5, 5.41) is 8.14. The lowest BCUT2D eigenvalue weighted by atomic mass is 9.94. The smallest absolute Gasteiger partial charge is 0.0692 e. The third kappa shape index (κ3) is 13.1. The molecule has 0 aliphatic heterocycles. The van der Waals surface area contributed by atoms with Gasteiger partial charge in [-0.2, -0.15) is 0 Å². The molecule has 0 saturated carbocycles. The van der Waals surface area contributed by atoms with Crippen molar-refractivity contribution >= 4 is 0 Å². The number of rotatable bonds is 18. The lowest BCUT2D eigenvalue weighted by molar-refractivity contribution is 0.339. The molecule has 25 heavy (non-hydrogen) atoms. The lowest BCUT2D eigenvalue weighted by Crippen LogP contribution is -2.12. The van der Waals surface area contributed by atoms with E-state index in [1.54, 1.807) is 6.20 Å². The van der Waals surface area contributed by atoms with E-state index in [-0.39, 0.29) is 0 Å². The number of unbranched alkanes of at least 4 members (excludes halogenated alkanes) is 12. The molecule has 1 aromatic heterocycles. The van der Waals surface area contributed by atoms with E-state index < -0.39 is 0 Å². The fraction of sp³-hybridized carbons (Fsp3) is 0.909. The fourth-order valence-corrected chi connectivity index (χ4v) is 3.70. The van der Waals surface area contributed by atoms with Crippen molar-refractivity contribution in [3.8, 4) is 0 Å². The molecule has 1 unspecified atom stereocenters. The van der Waals surface area contributed by atoms with E-state index in [9.17, 15) is 0 Å². The Bertz CT molecular complexity index is 361. The molecule has 0 saturated heterocycles. The average molecular weight is 350 g/mol. The molecule has 146 valence electrons. The van der Waals surface area contributed by atoms with E-state index in [4.69, 9.17) is 0 Å². The van der Waals surface area contributed by atoms with E-state index in [1.807, 2.05) is 10.9 Å². The van der Waals surface area contributed by atoms with E-state index in [1.165, 1.54) is 103 Å². The Kier molecular flexibility index (Phi) is 14.7. The highest BCUT2D eigenvalue weighted by atomic mass is 15.4. The van der Waals surface area contributed by atoms with Gasteiger partial charge in [-0.3, -0.25) is 4.68 Å². The van der Waals surface area contributed by atoms with Gasteiger partial charge in [-0.1, -0.05) is 109 Å². The molecule has 0 spiro atoms. The Labute approximate surface area is 157 Å². The van der Waals surface area contributed by atoms with Crippen molar-refractivity contribution in [3.63, 3.8) is 0 Å². The summed E-state index contributed by atoms with van der Waals surface area (Å²) in [6.07, 6.45) is 26.2. The molecule has 1 aromatic rings. The molecular formula is C22H43N3. The fourth-order valence-electron chi connectivity index (χ4n) is 3.70. The van der Waals surface area contributed by atoms with Gasteiger partial charge in [0, 0.05) is 12.7 Å². The first-order chi connectivity index (χ1) is 12.4. The Hall–Kier alpha value is -0.860. The van der Waals surface area contributed by atoms with E-state index >= 15 is 0 Å². The van der Waals surface area contributed by atoms with Crippen molar-refractivity contribution in [2.75, 3.05) is 0 Å². The van der Waals surface area contributed by atoms with Gasteiger partial charge in [-0.05, 0) is 18.8 Å². The third-order valence-electron chi connectivity index (χ3n) is 5.35. The molecule has 0 aliphatic rings. The molecule has 1 atom stereocenters. The van der Waals surface area contributed by atoms with Crippen LogP contribution in [0.3, 0.4) is 0 Å². The predicted molar refractivity (Wildman–Crippen MR) is 109 cm³/mol. The van der Waals surface area contributed by atoms with Crippen LogP contribution in [0.5, 0.6) is 0 Å². The van der Waals surface area contributed by atoms with Gasteiger partial charge < -0.3 is 0 Å². The van der Waals surface area contributed by atoms with Gasteiger partial charge in [-0.25, -0.2) is 0 Å². The predicted octanol–water partition coefficient (Wildman–Crippen LogP) is 7.18. The average Bonchev–Trinajstić information content (AvgIpc) is 3.13. The first-order valence-corrected chi connectivity index (χ1v) is 11.2. The first-order valence-electron chi connectivity index (χ1n) is 11.2. The second-order valence-corrected chi connectivity index (χ2v) is 7.81. The zero-order valence-electron chi connectivity index (χ0n) is 17.1. The standard InChI is InChI=1S/C22H43N3/c1-3-5-7-9-11-12-14-16-18-22(21-25-20-19-23-24-25)17-15-13-10-8-6-4-2/h19-20,22H,3-18,21H2,1-2H3. The lowest BCUT2D eigenvalue weighted by Gasteiger charge is -2.16. The van der Waals surface area contributed by atoms with Crippen LogP contribution in [0.1, 0.15) is 117 Å². The topological polar surface area (TPSA) is 30.7 Å². The van der Waals surface area contributed by atoms with Crippen LogP contribution in [0.4, 0.5) is 0 Å². The molecule has 0 radical (unpaired) electrons. The van der Waals surface area contributed by atoms with Crippen LogP contribution in [0.2, 0.25) is 0 Å². The van der Waals surface area contributed by atoms with E-state index in [0.29, 0.717) is 0 Å². The van der Waals surface area contributed by atoms with Gasteiger partial charge in [0.1, 0.15) is 0 Å². The molecule has 1 heterocycles. The van der Waals surface area contributed by atoms with Crippen LogP contribution in [0, 0.1) is 5.92 Å². The maximum absolute atomic E-state index is 4.18. The summed E-state index contributed by atoms with van der Waals surface area (Å²) in [5.41, 5.74) is 0. The van der Waals surface area contributed by atoms with Crippen LogP contribution in [0.25, 0.3) is 0 Å². The van der Waals surface area contributed by atoms with Crippen molar-refractivity contribution in [3.05, 3.63) is 12.4 Å². The number of hydrogen-bond donors (Lipinski definition) is 0. The number of aromatic nitrogens is 3. The Morgan fingerprint density at radius 2 is 1.16 bits per heavy atom. The minimum absolute atomic E-state index is 0.785. The van der Waals surface area contributed by atoms with Gasteiger partial charge >= 0.3 is 0 Å². The molecule has 0 aromatic carbocycles. The summed E-state index contributed by atoms with van der Waals surface area (Å²) < 4.78 is 2.03. The van der Waals surface area contributed by atoms with Crippen LogP contribution < -0.4 is 0 Å². The quantitative estimate of drug-likeness (QED) is 0.263. The zero-order valence-corrected chi connectivity index (χ0v) is 17.1. The summed E-state index contributed by atoms with van der Waals surface area (Å²) in [6.45, 7) is 5.64. The normalized spacial score (nSPS) is 12.6. The molecule has 0 N–H and O–H groups in total. The highest BCUT2D eigenvalue weighted by Gasteiger charge is 2.10. The number of nitrogens with zero attached hydrogens (tertiary/aromatic N) is 3. The summed E-state index contributed by atoms with van der Waals surface area (Å²) in [6, 6.07) is 0. The van der Waals surface area contributed by atoms with Crippen molar-refractivity contribution < 1.29 is 0 Å². The van der Waals surface area contributed by atoms with Crippen molar-refractivity contribution in [2.24, 2.45) is 5.92 Å². The SMILES string of the molecule is CCCCCCCCCCC(CCCCCCCC)Cn1ccnn1. The molecule has 3 nitrogen and oxygen atoms in total. The molecule has 0 fully saturated rings. The second kappa shape index (κ2) is 16.6. The van der Waals surface area contributed by atoms with Crippen molar-refractivity contribution in [1.82, 2.24) is 15.0 Å². The molecule has 1 rings (SSSR count). The van der Waals surface area contributed by atoms with Gasteiger partial charge in [-0.15, -0.1) is 5.10 Å². The van der Waals surface area contributed by atoms with Crippen molar-refractivity contribution in [1.29, 1.82) is 0 Å². The van der Waals surface area contributed by atoms with Crippen LogP contribution in [-0.2, 0) is 6.54 Å². The van der Waals surface area contributed by atoms with Crippen LogP contribution in [-0.4, -0.2) is 15.0 Å². The largest absolute Gasteiger partial charge is 0.252 e. The monoisotopic (exact) mass is 349 g/mol. The maximum atomic E-state index is 4.18. The molecule has 0 aliphatic carbocycles. The molecule has 3 heteroatoms. The van der Waals surface area contributed by atoms with Gasteiger partial charge in [0.25, 0.3) is 0 Å². The summed E-state index contributed by atoms with van der Waals surface area (Å²) in [5.74, 6) is 0.785. The summed E-state index contributed by atoms with van der Waals surface area (Å²) in [4.78, 5) is 0. The Morgan fingerprint density at radius 1 is 0.680 bits per heavy atom. The Balaban J connectivity index is 2.13. The van der Waals surface area contributed by atoms with E-state index in [2.05, 4.69) is 24.2 Å². The minimum Gasteiger partial charge on any atom is -0.252 e. The molecule has 0 bridgehead atoms. The summed E-state index contributed by atoms with van der Waals surface area (Å²) in [7, 11) is 0. The molecular weight excluding hydrogens is 306 g/mol.